The van der Waals surface area contributed by atoms with Gasteiger partial charge in [-0.15, -0.1) is 0 Å². The first-order chi connectivity index (χ1) is 9.36. The molecule has 0 bridgehead atoms. The number of hydrogen-bond acceptors (Lipinski definition) is 2. The normalized spacial score (nSPS) is 20.9. The SMILES string of the molecule is CC(C)(C)c1ccc(CN2CCCC(C(N)=S)C2)cc1. The molecule has 1 aliphatic rings. The number of benzene rings is 1. The maximum absolute atomic E-state index is 5.80. The van der Waals surface area contributed by atoms with Crippen LogP contribution in [0.5, 0.6) is 0 Å². The number of hydrogen-bond donors (Lipinski definition) is 1. The van der Waals surface area contributed by atoms with Crippen LogP contribution >= 0.6 is 12.2 Å². The highest BCUT2D eigenvalue weighted by atomic mass is 32.1. The molecule has 1 heterocycles. The Labute approximate surface area is 128 Å². The first-order valence-electron chi connectivity index (χ1n) is 7.47. The maximum atomic E-state index is 5.80. The lowest BCUT2D eigenvalue weighted by molar-refractivity contribution is 0.197. The third-order valence-electron chi connectivity index (χ3n) is 4.13. The number of likely N-dealkylation sites (tertiary alicyclic amines) is 1. The summed E-state index contributed by atoms with van der Waals surface area (Å²) >= 11 is 5.14. The van der Waals surface area contributed by atoms with Crippen molar-refractivity contribution in [2.24, 2.45) is 11.7 Å². The van der Waals surface area contributed by atoms with Crippen molar-refractivity contribution in [3.8, 4) is 0 Å². The topological polar surface area (TPSA) is 29.3 Å². The third kappa shape index (κ3) is 4.03. The third-order valence-corrected chi connectivity index (χ3v) is 4.47. The molecule has 2 N–H and O–H groups in total. The first kappa shape index (κ1) is 15.5. The van der Waals surface area contributed by atoms with Crippen molar-refractivity contribution in [1.29, 1.82) is 0 Å². The summed E-state index contributed by atoms with van der Waals surface area (Å²) in [5, 5.41) is 0. The van der Waals surface area contributed by atoms with Crippen molar-refractivity contribution in [2.75, 3.05) is 13.1 Å². The van der Waals surface area contributed by atoms with Gasteiger partial charge >= 0.3 is 0 Å². The minimum absolute atomic E-state index is 0.223. The maximum Gasteiger partial charge on any atom is 0.0771 e. The predicted octanol–water partition coefficient (Wildman–Crippen LogP) is 3.48. The number of piperidine rings is 1. The van der Waals surface area contributed by atoms with Gasteiger partial charge in [0.15, 0.2) is 0 Å². The molecule has 1 fully saturated rings. The highest BCUT2D eigenvalue weighted by molar-refractivity contribution is 7.80. The lowest BCUT2D eigenvalue weighted by Crippen LogP contribution is -2.39. The van der Waals surface area contributed by atoms with Crippen molar-refractivity contribution in [3.63, 3.8) is 0 Å². The van der Waals surface area contributed by atoms with E-state index in [2.05, 4.69) is 49.9 Å². The van der Waals surface area contributed by atoms with Gasteiger partial charge in [-0.2, -0.15) is 0 Å². The van der Waals surface area contributed by atoms with E-state index in [-0.39, 0.29) is 5.41 Å². The monoisotopic (exact) mass is 290 g/mol. The molecule has 1 aromatic rings. The average Bonchev–Trinajstić information content (AvgIpc) is 2.38. The lowest BCUT2D eigenvalue weighted by Gasteiger charge is -2.32. The van der Waals surface area contributed by atoms with Crippen LogP contribution in [0.4, 0.5) is 0 Å². The van der Waals surface area contributed by atoms with Crippen molar-refractivity contribution >= 4 is 17.2 Å². The smallest absolute Gasteiger partial charge is 0.0771 e. The van der Waals surface area contributed by atoms with Crippen LogP contribution in [0.3, 0.4) is 0 Å². The van der Waals surface area contributed by atoms with Gasteiger partial charge in [-0.05, 0) is 35.9 Å². The molecule has 1 atom stereocenters. The molecule has 1 unspecified atom stereocenters. The molecule has 0 saturated carbocycles. The summed E-state index contributed by atoms with van der Waals surface area (Å²) in [7, 11) is 0. The summed E-state index contributed by atoms with van der Waals surface area (Å²) < 4.78 is 0. The largest absolute Gasteiger partial charge is 0.393 e. The zero-order valence-corrected chi connectivity index (χ0v) is 13.7. The van der Waals surface area contributed by atoms with Crippen LogP contribution < -0.4 is 5.73 Å². The second-order valence-electron chi connectivity index (χ2n) is 6.92. The minimum Gasteiger partial charge on any atom is -0.393 e. The van der Waals surface area contributed by atoms with Gasteiger partial charge in [-0.3, -0.25) is 4.90 Å². The van der Waals surface area contributed by atoms with Crippen molar-refractivity contribution in [1.82, 2.24) is 4.90 Å². The van der Waals surface area contributed by atoms with Gasteiger partial charge in [0.05, 0.1) is 4.99 Å². The molecule has 2 rings (SSSR count). The Balaban J connectivity index is 1.98. The van der Waals surface area contributed by atoms with Crippen LogP contribution in [0.15, 0.2) is 24.3 Å². The number of nitrogens with two attached hydrogens (primary N) is 1. The summed E-state index contributed by atoms with van der Waals surface area (Å²) in [4.78, 5) is 3.15. The molecular formula is C17H26N2S. The van der Waals surface area contributed by atoms with Gasteiger partial charge < -0.3 is 5.73 Å². The van der Waals surface area contributed by atoms with Crippen LogP contribution in [0, 0.1) is 5.92 Å². The Morgan fingerprint density at radius 2 is 1.95 bits per heavy atom. The van der Waals surface area contributed by atoms with E-state index in [0.29, 0.717) is 10.9 Å². The molecule has 0 aromatic heterocycles. The van der Waals surface area contributed by atoms with E-state index in [1.54, 1.807) is 0 Å². The van der Waals surface area contributed by atoms with Crippen molar-refractivity contribution < 1.29 is 0 Å². The Kier molecular flexibility index (Phi) is 4.82. The van der Waals surface area contributed by atoms with Crippen LogP contribution in [0.2, 0.25) is 0 Å². The van der Waals surface area contributed by atoms with E-state index in [0.717, 1.165) is 26.1 Å². The summed E-state index contributed by atoms with van der Waals surface area (Å²) in [5.41, 5.74) is 8.78. The van der Waals surface area contributed by atoms with E-state index in [9.17, 15) is 0 Å². The molecular weight excluding hydrogens is 264 g/mol. The quantitative estimate of drug-likeness (QED) is 0.864. The van der Waals surface area contributed by atoms with Gasteiger partial charge in [0.1, 0.15) is 0 Å². The predicted molar refractivity (Wildman–Crippen MR) is 89.9 cm³/mol. The van der Waals surface area contributed by atoms with Gasteiger partial charge in [0, 0.05) is 19.0 Å². The van der Waals surface area contributed by atoms with Crippen LogP contribution in [0.25, 0.3) is 0 Å². The molecule has 0 spiro atoms. The van der Waals surface area contributed by atoms with E-state index >= 15 is 0 Å². The van der Waals surface area contributed by atoms with E-state index in [4.69, 9.17) is 18.0 Å². The molecule has 2 nitrogen and oxygen atoms in total. The van der Waals surface area contributed by atoms with Crippen LogP contribution in [-0.4, -0.2) is 23.0 Å². The van der Waals surface area contributed by atoms with Gasteiger partial charge in [-0.1, -0.05) is 57.3 Å². The first-order valence-corrected chi connectivity index (χ1v) is 7.88. The molecule has 110 valence electrons. The molecule has 0 radical (unpaired) electrons. The Bertz CT molecular complexity index is 459. The standard InChI is InChI=1S/C17H26N2S/c1-17(2,3)15-8-6-13(7-9-15)11-19-10-4-5-14(12-19)16(18)20/h6-9,14H,4-5,10-12H2,1-3H3,(H2,18,20). The highest BCUT2D eigenvalue weighted by Gasteiger charge is 2.22. The summed E-state index contributed by atoms with van der Waals surface area (Å²) in [5.74, 6) is 0.396. The Morgan fingerprint density at radius 3 is 2.50 bits per heavy atom. The van der Waals surface area contributed by atoms with Crippen LogP contribution in [0.1, 0.15) is 44.7 Å². The Morgan fingerprint density at radius 1 is 1.30 bits per heavy atom. The highest BCUT2D eigenvalue weighted by Crippen LogP contribution is 2.23. The molecule has 1 aromatic carbocycles. The summed E-state index contributed by atoms with van der Waals surface area (Å²) in [6.07, 6.45) is 2.34. The second kappa shape index (κ2) is 6.23. The molecule has 1 aliphatic heterocycles. The number of thiocarbonyl (C=S) groups is 1. The second-order valence-corrected chi connectivity index (χ2v) is 7.39. The molecule has 3 heteroatoms. The Hall–Kier alpha value is -0.930. The van der Waals surface area contributed by atoms with Gasteiger partial charge in [0.2, 0.25) is 0 Å². The summed E-state index contributed by atoms with van der Waals surface area (Å²) in [6.45, 7) is 9.92. The fourth-order valence-electron chi connectivity index (χ4n) is 2.80. The van der Waals surface area contributed by atoms with Crippen LogP contribution in [-0.2, 0) is 12.0 Å². The fraction of sp³-hybridized carbons (Fsp3) is 0.588. The van der Waals surface area contributed by atoms with Gasteiger partial charge in [-0.25, -0.2) is 0 Å². The molecule has 1 saturated heterocycles. The fourth-order valence-corrected chi connectivity index (χ4v) is 2.99. The molecule has 20 heavy (non-hydrogen) atoms. The molecule has 0 amide bonds. The zero-order chi connectivity index (χ0) is 14.8. The number of nitrogens with zero attached hydrogens (tertiary/aromatic N) is 1. The summed E-state index contributed by atoms with van der Waals surface area (Å²) in [6, 6.07) is 9.02. The lowest BCUT2D eigenvalue weighted by atomic mass is 9.86. The minimum atomic E-state index is 0.223. The van der Waals surface area contributed by atoms with Crippen molar-refractivity contribution in [2.45, 2.75) is 45.6 Å². The van der Waals surface area contributed by atoms with E-state index < -0.39 is 0 Å². The molecule has 0 aliphatic carbocycles. The average molecular weight is 290 g/mol. The number of rotatable bonds is 3. The van der Waals surface area contributed by atoms with Gasteiger partial charge in [0.25, 0.3) is 0 Å². The van der Waals surface area contributed by atoms with E-state index in [1.807, 2.05) is 0 Å². The van der Waals surface area contributed by atoms with E-state index in [1.165, 1.54) is 17.5 Å². The zero-order valence-electron chi connectivity index (χ0n) is 12.9. The van der Waals surface area contributed by atoms with Crippen molar-refractivity contribution in [3.05, 3.63) is 35.4 Å².